The van der Waals surface area contributed by atoms with Gasteiger partial charge in [0.05, 0.1) is 0 Å². The molecule has 0 fully saturated rings. The van der Waals surface area contributed by atoms with Gasteiger partial charge in [0, 0.05) is 6.92 Å². The zero-order valence-corrected chi connectivity index (χ0v) is 5.95. The Balaban J connectivity index is 0.000000180. The van der Waals surface area contributed by atoms with Gasteiger partial charge in [-0.15, -0.1) is 0 Å². The summed E-state index contributed by atoms with van der Waals surface area (Å²) in [5, 5.41) is 0. The first-order chi connectivity index (χ1) is 4.73. The number of amides is 1. The highest BCUT2D eigenvalue weighted by Gasteiger charge is 1.61. The van der Waals surface area contributed by atoms with E-state index in [1.807, 2.05) is 36.4 Å². The van der Waals surface area contributed by atoms with E-state index in [-0.39, 0.29) is 5.91 Å². The Morgan fingerprint density at radius 3 is 1.20 bits per heavy atom. The molecule has 1 aromatic rings. The van der Waals surface area contributed by atoms with Gasteiger partial charge in [-0.25, -0.2) is 0 Å². The molecule has 2 heteroatoms. The van der Waals surface area contributed by atoms with Crippen molar-refractivity contribution in [1.82, 2.24) is 0 Å². The number of carbonyl (C=O) groups is 1. The van der Waals surface area contributed by atoms with Gasteiger partial charge in [0.1, 0.15) is 0 Å². The third kappa shape index (κ3) is 9.85. The summed E-state index contributed by atoms with van der Waals surface area (Å²) in [7, 11) is 0. The third-order valence-corrected chi connectivity index (χ3v) is 0.667. The van der Waals surface area contributed by atoms with Gasteiger partial charge in [0.15, 0.2) is 0 Å². The van der Waals surface area contributed by atoms with E-state index in [0.717, 1.165) is 0 Å². The Morgan fingerprint density at radius 1 is 1.00 bits per heavy atom. The van der Waals surface area contributed by atoms with Gasteiger partial charge in [0.25, 0.3) is 0 Å². The Kier molecular flexibility index (Phi) is 5.06. The number of nitrogens with two attached hydrogens (primary N) is 1. The molecule has 0 aromatic heterocycles. The summed E-state index contributed by atoms with van der Waals surface area (Å²) in [4.78, 5) is 9.22. The molecule has 10 heavy (non-hydrogen) atoms. The molecular weight excluding hydrogens is 126 g/mol. The van der Waals surface area contributed by atoms with E-state index in [2.05, 4.69) is 5.73 Å². The monoisotopic (exact) mass is 137 g/mol. The number of primary amides is 1. The quantitative estimate of drug-likeness (QED) is 0.573. The van der Waals surface area contributed by atoms with E-state index in [4.69, 9.17) is 0 Å². The van der Waals surface area contributed by atoms with Crippen LogP contribution in [0, 0.1) is 0 Å². The average Bonchev–Trinajstić information content (AvgIpc) is 1.90. The maximum Gasteiger partial charge on any atom is 0.214 e. The van der Waals surface area contributed by atoms with Gasteiger partial charge in [-0.1, -0.05) is 36.4 Å². The molecule has 0 aliphatic heterocycles. The van der Waals surface area contributed by atoms with Crippen molar-refractivity contribution in [3.63, 3.8) is 0 Å². The fourth-order valence-electron chi connectivity index (χ4n) is 0.385. The lowest BCUT2D eigenvalue weighted by Crippen LogP contribution is -2.01. The summed E-state index contributed by atoms with van der Waals surface area (Å²) in [6, 6.07) is 12.0. The third-order valence-electron chi connectivity index (χ3n) is 0.667. The lowest BCUT2D eigenvalue weighted by molar-refractivity contribution is -0.115. The maximum atomic E-state index is 9.22. The van der Waals surface area contributed by atoms with Crippen LogP contribution < -0.4 is 5.73 Å². The van der Waals surface area contributed by atoms with Crippen molar-refractivity contribution in [2.45, 2.75) is 6.92 Å². The number of carbonyl (C=O) groups excluding carboxylic acids is 1. The summed E-state index contributed by atoms with van der Waals surface area (Å²) in [6.45, 7) is 1.31. The smallest absolute Gasteiger partial charge is 0.214 e. The highest BCUT2D eigenvalue weighted by Crippen LogP contribution is 1.79. The minimum absolute atomic E-state index is 0.333. The van der Waals surface area contributed by atoms with Crippen LogP contribution in [-0.2, 0) is 4.79 Å². The van der Waals surface area contributed by atoms with Crippen molar-refractivity contribution < 1.29 is 4.79 Å². The van der Waals surface area contributed by atoms with E-state index < -0.39 is 0 Å². The van der Waals surface area contributed by atoms with Crippen molar-refractivity contribution in [3.05, 3.63) is 36.4 Å². The van der Waals surface area contributed by atoms with E-state index >= 15 is 0 Å². The summed E-state index contributed by atoms with van der Waals surface area (Å²) in [6.07, 6.45) is 0. The lowest BCUT2D eigenvalue weighted by atomic mass is 10.4. The second-order valence-electron chi connectivity index (χ2n) is 1.77. The molecule has 0 radical (unpaired) electrons. The summed E-state index contributed by atoms with van der Waals surface area (Å²) < 4.78 is 0. The molecule has 0 atom stereocenters. The van der Waals surface area contributed by atoms with E-state index in [1.165, 1.54) is 6.92 Å². The van der Waals surface area contributed by atoms with Crippen LogP contribution in [0.25, 0.3) is 0 Å². The summed E-state index contributed by atoms with van der Waals surface area (Å²) in [5.74, 6) is -0.333. The van der Waals surface area contributed by atoms with Gasteiger partial charge in [-0.2, -0.15) is 0 Å². The van der Waals surface area contributed by atoms with Gasteiger partial charge in [0.2, 0.25) is 5.91 Å². The SMILES string of the molecule is CC(N)=O.c1ccccc1. The first-order valence-electron chi connectivity index (χ1n) is 2.99. The number of rotatable bonds is 0. The molecule has 2 nitrogen and oxygen atoms in total. The van der Waals surface area contributed by atoms with Gasteiger partial charge in [-0.05, 0) is 0 Å². The number of hydrogen-bond donors (Lipinski definition) is 1. The minimum Gasteiger partial charge on any atom is -0.370 e. The van der Waals surface area contributed by atoms with Crippen LogP contribution in [-0.4, -0.2) is 5.91 Å². The molecule has 0 saturated carbocycles. The average molecular weight is 137 g/mol. The number of benzene rings is 1. The molecule has 54 valence electrons. The van der Waals surface area contributed by atoms with Gasteiger partial charge < -0.3 is 5.73 Å². The first kappa shape index (κ1) is 8.69. The topological polar surface area (TPSA) is 43.1 Å². The standard InChI is InChI=1S/C6H6.C2H5NO/c1-2-4-6-5-3-1;1-2(3)4/h1-6H;1H3,(H2,3,4). The zero-order valence-electron chi connectivity index (χ0n) is 5.95. The summed E-state index contributed by atoms with van der Waals surface area (Å²) in [5.41, 5.74) is 4.47. The van der Waals surface area contributed by atoms with Crippen molar-refractivity contribution in [2.75, 3.05) is 0 Å². The highest BCUT2D eigenvalue weighted by molar-refractivity contribution is 5.70. The van der Waals surface area contributed by atoms with Crippen LogP contribution in [0.5, 0.6) is 0 Å². The Bertz CT molecular complexity index is 141. The molecule has 0 spiro atoms. The molecule has 1 rings (SSSR count). The van der Waals surface area contributed by atoms with Crippen molar-refractivity contribution in [3.8, 4) is 0 Å². The fraction of sp³-hybridized carbons (Fsp3) is 0.125. The van der Waals surface area contributed by atoms with Crippen LogP contribution in [0.4, 0.5) is 0 Å². The first-order valence-corrected chi connectivity index (χ1v) is 2.99. The Morgan fingerprint density at radius 2 is 1.10 bits per heavy atom. The predicted molar refractivity (Wildman–Crippen MR) is 41.3 cm³/mol. The predicted octanol–water partition coefficient (Wildman–Crippen LogP) is 1.18. The minimum atomic E-state index is -0.333. The molecule has 1 amide bonds. The molecule has 2 N–H and O–H groups in total. The van der Waals surface area contributed by atoms with Gasteiger partial charge >= 0.3 is 0 Å². The molecule has 0 heterocycles. The second kappa shape index (κ2) is 5.82. The Labute approximate surface area is 60.7 Å². The van der Waals surface area contributed by atoms with Crippen molar-refractivity contribution >= 4 is 5.91 Å². The van der Waals surface area contributed by atoms with Crippen LogP contribution in [0.15, 0.2) is 36.4 Å². The van der Waals surface area contributed by atoms with Gasteiger partial charge in [-0.3, -0.25) is 4.79 Å². The molecule has 0 saturated heterocycles. The normalized spacial score (nSPS) is 7.30. The molecule has 0 aliphatic carbocycles. The molecule has 0 bridgehead atoms. The molecule has 0 aliphatic rings. The molecular formula is C8H11NO. The molecule has 1 aromatic carbocycles. The highest BCUT2D eigenvalue weighted by atomic mass is 16.1. The van der Waals surface area contributed by atoms with Crippen LogP contribution >= 0.6 is 0 Å². The number of hydrogen-bond acceptors (Lipinski definition) is 1. The van der Waals surface area contributed by atoms with Crippen LogP contribution in [0.1, 0.15) is 6.92 Å². The van der Waals surface area contributed by atoms with E-state index in [1.54, 1.807) is 0 Å². The zero-order chi connectivity index (χ0) is 7.82. The van der Waals surface area contributed by atoms with E-state index in [9.17, 15) is 4.79 Å². The van der Waals surface area contributed by atoms with Crippen LogP contribution in [0.3, 0.4) is 0 Å². The largest absolute Gasteiger partial charge is 0.370 e. The maximum absolute atomic E-state index is 9.22. The second-order valence-corrected chi connectivity index (χ2v) is 1.77. The van der Waals surface area contributed by atoms with Crippen molar-refractivity contribution in [2.24, 2.45) is 5.73 Å². The van der Waals surface area contributed by atoms with Crippen LogP contribution in [0.2, 0.25) is 0 Å². The Hall–Kier alpha value is -1.31. The van der Waals surface area contributed by atoms with Crippen molar-refractivity contribution in [1.29, 1.82) is 0 Å². The van der Waals surface area contributed by atoms with E-state index in [0.29, 0.717) is 0 Å². The summed E-state index contributed by atoms with van der Waals surface area (Å²) >= 11 is 0. The molecule has 0 unspecified atom stereocenters. The fourth-order valence-corrected chi connectivity index (χ4v) is 0.385. The lowest BCUT2D eigenvalue weighted by Gasteiger charge is -1.69.